The summed E-state index contributed by atoms with van der Waals surface area (Å²) in [4.78, 5) is 0. The molecule has 4 heteroatoms. The van der Waals surface area contributed by atoms with Crippen molar-refractivity contribution in [2.24, 2.45) is 0 Å². The first-order chi connectivity index (χ1) is 10.2. The van der Waals surface area contributed by atoms with E-state index in [0.717, 1.165) is 35.8 Å². The zero-order chi connectivity index (χ0) is 14.7. The summed E-state index contributed by atoms with van der Waals surface area (Å²) in [5.74, 6) is 2.34. The van der Waals surface area contributed by atoms with Crippen molar-refractivity contribution in [1.29, 1.82) is 0 Å². The van der Waals surface area contributed by atoms with E-state index in [1.54, 1.807) is 0 Å². The van der Waals surface area contributed by atoms with Gasteiger partial charge in [-0.2, -0.15) is 0 Å². The van der Waals surface area contributed by atoms with Crippen LogP contribution in [0.15, 0.2) is 42.5 Å². The van der Waals surface area contributed by atoms with E-state index in [1.165, 1.54) is 5.56 Å². The highest BCUT2D eigenvalue weighted by molar-refractivity contribution is 5.46. The number of hydrogen-bond acceptors (Lipinski definition) is 4. The van der Waals surface area contributed by atoms with E-state index in [0.29, 0.717) is 6.61 Å². The summed E-state index contributed by atoms with van der Waals surface area (Å²) in [7, 11) is 0. The summed E-state index contributed by atoms with van der Waals surface area (Å²) in [6.07, 6.45) is 1.69. The Bertz CT molecular complexity index is 610. The second kappa shape index (κ2) is 6.06. The Morgan fingerprint density at radius 3 is 2.67 bits per heavy atom. The molecule has 21 heavy (non-hydrogen) atoms. The van der Waals surface area contributed by atoms with Crippen molar-refractivity contribution < 1.29 is 14.2 Å². The zero-order valence-electron chi connectivity index (χ0n) is 12.0. The van der Waals surface area contributed by atoms with E-state index < -0.39 is 0 Å². The number of aryl methyl sites for hydroxylation is 1. The van der Waals surface area contributed by atoms with Gasteiger partial charge in [-0.05, 0) is 49.2 Å². The van der Waals surface area contributed by atoms with Crippen LogP contribution in [0, 0.1) is 0 Å². The minimum Gasteiger partial charge on any atom is -0.465 e. The van der Waals surface area contributed by atoms with Crippen molar-refractivity contribution in [3.8, 4) is 17.2 Å². The maximum Gasteiger partial charge on any atom is 0.200 e. The van der Waals surface area contributed by atoms with Crippen molar-refractivity contribution in [2.75, 3.05) is 12.3 Å². The molecule has 1 heterocycles. The lowest BCUT2D eigenvalue weighted by atomic mass is 10.1. The normalized spacial score (nSPS) is 16.9. The molecule has 1 aliphatic rings. The number of nitrogens with two attached hydrogens (primary N) is 1. The van der Waals surface area contributed by atoms with Gasteiger partial charge in [0.25, 0.3) is 0 Å². The first kappa shape index (κ1) is 13.8. The topological polar surface area (TPSA) is 53.7 Å². The lowest BCUT2D eigenvalue weighted by Gasteiger charge is -2.26. The van der Waals surface area contributed by atoms with Gasteiger partial charge in [-0.1, -0.05) is 6.07 Å². The van der Waals surface area contributed by atoms with E-state index in [4.69, 9.17) is 19.9 Å². The van der Waals surface area contributed by atoms with E-state index in [-0.39, 0.29) is 6.29 Å². The average molecular weight is 285 g/mol. The Kier molecular flexibility index (Phi) is 3.97. The number of rotatable bonds is 4. The van der Waals surface area contributed by atoms with Crippen LogP contribution in [0.1, 0.15) is 18.9 Å². The third-order valence-corrected chi connectivity index (χ3v) is 3.41. The summed E-state index contributed by atoms with van der Waals surface area (Å²) in [6, 6.07) is 13.2. The molecule has 1 unspecified atom stereocenters. The summed E-state index contributed by atoms with van der Waals surface area (Å²) >= 11 is 0. The predicted octanol–water partition coefficient (Wildman–Crippen LogP) is 3.75. The third kappa shape index (κ3) is 3.28. The SMILES string of the molecule is CCOC1CCc2ccc(Oc3ccc(N)cc3)cc2O1. The van der Waals surface area contributed by atoms with Gasteiger partial charge < -0.3 is 19.9 Å². The van der Waals surface area contributed by atoms with Gasteiger partial charge in [-0.3, -0.25) is 0 Å². The smallest absolute Gasteiger partial charge is 0.200 e. The first-order valence-corrected chi connectivity index (χ1v) is 7.19. The highest BCUT2D eigenvalue weighted by Crippen LogP contribution is 2.33. The number of benzene rings is 2. The van der Waals surface area contributed by atoms with Crippen LogP contribution in [0.5, 0.6) is 17.2 Å². The molecule has 0 aliphatic carbocycles. The predicted molar refractivity (Wildman–Crippen MR) is 81.7 cm³/mol. The Hall–Kier alpha value is -2.20. The summed E-state index contributed by atoms with van der Waals surface area (Å²) < 4.78 is 17.2. The Morgan fingerprint density at radius 2 is 1.90 bits per heavy atom. The minimum absolute atomic E-state index is 0.158. The minimum atomic E-state index is -0.158. The van der Waals surface area contributed by atoms with Crippen molar-refractivity contribution in [2.45, 2.75) is 26.1 Å². The van der Waals surface area contributed by atoms with Crippen LogP contribution in [0.25, 0.3) is 0 Å². The van der Waals surface area contributed by atoms with E-state index in [2.05, 4.69) is 0 Å². The van der Waals surface area contributed by atoms with Gasteiger partial charge >= 0.3 is 0 Å². The molecule has 0 saturated carbocycles. The first-order valence-electron chi connectivity index (χ1n) is 7.19. The maximum atomic E-state index is 5.85. The third-order valence-electron chi connectivity index (χ3n) is 3.41. The van der Waals surface area contributed by atoms with E-state index >= 15 is 0 Å². The number of hydrogen-bond donors (Lipinski definition) is 1. The number of fused-ring (bicyclic) bond motifs is 1. The quantitative estimate of drug-likeness (QED) is 0.869. The molecule has 110 valence electrons. The van der Waals surface area contributed by atoms with Crippen LogP contribution < -0.4 is 15.2 Å². The molecule has 0 spiro atoms. The van der Waals surface area contributed by atoms with Gasteiger partial charge in [0, 0.05) is 24.8 Å². The van der Waals surface area contributed by atoms with Crippen LogP contribution in [0.2, 0.25) is 0 Å². The Labute approximate surface area is 124 Å². The number of nitrogen functional groups attached to an aromatic ring is 1. The largest absolute Gasteiger partial charge is 0.465 e. The molecule has 2 aromatic rings. The van der Waals surface area contributed by atoms with Crippen LogP contribution in [-0.4, -0.2) is 12.9 Å². The molecule has 0 fully saturated rings. The van der Waals surface area contributed by atoms with Gasteiger partial charge in [0.15, 0.2) is 6.29 Å². The summed E-state index contributed by atoms with van der Waals surface area (Å²) in [5.41, 5.74) is 7.57. The molecule has 0 amide bonds. The number of ether oxygens (including phenoxy) is 3. The Morgan fingerprint density at radius 1 is 1.14 bits per heavy atom. The van der Waals surface area contributed by atoms with Crippen LogP contribution in [-0.2, 0) is 11.2 Å². The van der Waals surface area contributed by atoms with Crippen molar-refractivity contribution in [3.05, 3.63) is 48.0 Å². The molecule has 2 N–H and O–H groups in total. The van der Waals surface area contributed by atoms with Crippen LogP contribution in [0.4, 0.5) is 5.69 Å². The Balaban J connectivity index is 1.76. The van der Waals surface area contributed by atoms with Crippen molar-refractivity contribution in [3.63, 3.8) is 0 Å². The fraction of sp³-hybridized carbons (Fsp3) is 0.294. The molecule has 2 aromatic carbocycles. The second-order valence-corrected chi connectivity index (χ2v) is 4.98. The molecule has 0 radical (unpaired) electrons. The second-order valence-electron chi connectivity index (χ2n) is 4.98. The molecule has 1 aliphatic heterocycles. The van der Waals surface area contributed by atoms with Gasteiger partial charge in [-0.25, -0.2) is 0 Å². The highest BCUT2D eigenvalue weighted by Gasteiger charge is 2.20. The molecular weight excluding hydrogens is 266 g/mol. The molecule has 4 nitrogen and oxygen atoms in total. The molecular formula is C17H19NO3. The van der Waals surface area contributed by atoms with Gasteiger partial charge in [-0.15, -0.1) is 0 Å². The fourth-order valence-electron chi connectivity index (χ4n) is 2.36. The lowest BCUT2D eigenvalue weighted by molar-refractivity contribution is -0.0861. The van der Waals surface area contributed by atoms with Gasteiger partial charge in [0.2, 0.25) is 0 Å². The van der Waals surface area contributed by atoms with Crippen molar-refractivity contribution in [1.82, 2.24) is 0 Å². The van der Waals surface area contributed by atoms with Gasteiger partial charge in [0.1, 0.15) is 17.2 Å². The zero-order valence-corrected chi connectivity index (χ0v) is 12.0. The number of anilines is 1. The van der Waals surface area contributed by atoms with E-state index in [9.17, 15) is 0 Å². The summed E-state index contributed by atoms with van der Waals surface area (Å²) in [6.45, 7) is 2.63. The summed E-state index contributed by atoms with van der Waals surface area (Å²) in [5, 5.41) is 0. The molecule has 0 aromatic heterocycles. The van der Waals surface area contributed by atoms with Gasteiger partial charge in [0.05, 0.1) is 0 Å². The lowest BCUT2D eigenvalue weighted by Crippen LogP contribution is -2.25. The molecule has 0 bridgehead atoms. The van der Waals surface area contributed by atoms with Crippen LogP contribution >= 0.6 is 0 Å². The average Bonchev–Trinajstić information content (AvgIpc) is 2.50. The highest BCUT2D eigenvalue weighted by atomic mass is 16.7. The van der Waals surface area contributed by atoms with E-state index in [1.807, 2.05) is 49.4 Å². The maximum absolute atomic E-state index is 5.85. The molecule has 0 saturated heterocycles. The standard InChI is InChI=1S/C17H19NO3/c1-2-19-17-10-4-12-3-7-15(11-16(12)21-17)20-14-8-5-13(18)6-9-14/h3,5-9,11,17H,2,4,10,18H2,1H3. The molecule has 3 rings (SSSR count). The van der Waals surface area contributed by atoms with Crippen molar-refractivity contribution >= 4 is 5.69 Å². The monoisotopic (exact) mass is 285 g/mol. The fourth-order valence-corrected chi connectivity index (χ4v) is 2.36. The molecule has 1 atom stereocenters. The van der Waals surface area contributed by atoms with Crippen LogP contribution in [0.3, 0.4) is 0 Å².